The van der Waals surface area contributed by atoms with Gasteiger partial charge in [-0.25, -0.2) is 13.6 Å². The third-order valence-corrected chi connectivity index (χ3v) is 3.59. The van der Waals surface area contributed by atoms with Crippen LogP contribution in [0.25, 0.3) is 0 Å². The van der Waals surface area contributed by atoms with Crippen LogP contribution in [0.5, 0.6) is 0 Å². The molecule has 2 rings (SSSR count). The van der Waals surface area contributed by atoms with Gasteiger partial charge in [-0.2, -0.15) is 9.90 Å². The number of aromatic nitrogens is 3. The van der Waals surface area contributed by atoms with Crippen molar-refractivity contribution in [2.45, 2.75) is 24.8 Å². The average Bonchev–Trinajstić information content (AvgIpc) is 2.86. The van der Waals surface area contributed by atoms with E-state index in [2.05, 4.69) is 15.5 Å². The van der Waals surface area contributed by atoms with Crippen molar-refractivity contribution >= 4 is 21.7 Å². The first kappa shape index (κ1) is 15.1. The molecule has 1 heterocycles. The quantitative estimate of drug-likeness (QED) is 0.863. The molecule has 3 N–H and O–H groups in total. The first-order chi connectivity index (χ1) is 9.77. The van der Waals surface area contributed by atoms with E-state index in [4.69, 9.17) is 5.14 Å². The lowest BCUT2D eigenvalue weighted by Crippen LogP contribution is -2.15. The Morgan fingerprint density at radius 1 is 1.29 bits per heavy atom. The minimum absolute atomic E-state index is 0.0511. The number of nitrogens with zero attached hydrogens (tertiary/aromatic N) is 3. The van der Waals surface area contributed by atoms with E-state index in [1.165, 1.54) is 35.3 Å². The molecule has 0 bridgehead atoms. The van der Waals surface area contributed by atoms with Crippen molar-refractivity contribution < 1.29 is 13.2 Å². The molecule has 1 aromatic heterocycles. The highest BCUT2D eigenvalue weighted by molar-refractivity contribution is 7.89. The molecule has 112 valence electrons. The van der Waals surface area contributed by atoms with E-state index >= 15 is 0 Å². The Hall–Kier alpha value is -2.26. The van der Waals surface area contributed by atoms with Crippen molar-refractivity contribution in [2.24, 2.45) is 5.14 Å². The number of primary sulfonamides is 1. The minimum Gasteiger partial charge on any atom is -0.304 e. The summed E-state index contributed by atoms with van der Waals surface area (Å²) in [7, 11) is -3.77. The number of rotatable bonds is 4. The van der Waals surface area contributed by atoms with Crippen LogP contribution in [-0.2, 0) is 10.0 Å². The fraction of sp³-hybridized carbons (Fsp3) is 0.250. The van der Waals surface area contributed by atoms with Gasteiger partial charge < -0.3 is 5.32 Å². The third kappa shape index (κ3) is 3.64. The number of carbonyl (C=O) groups is 1. The van der Waals surface area contributed by atoms with Gasteiger partial charge in [-0.05, 0) is 38.1 Å². The lowest BCUT2D eigenvalue weighted by Gasteiger charge is -2.04. The summed E-state index contributed by atoms with van der Waals surface area (Å²) in [4.78, 5) is 13.4. The van der Waals surface area contributed by atoms with E-state index in [0.717, 1.165) is 0 Å². The zero-order valence-corrected chi connectivity index (χ0v) is 12.3. The topological polar surface area (TPSA) is 120 Å². The number of hydrogen-bond acceptors (Lipinski definition) is 5. The summed E-state index contributed by atoms with van der Waals surface area (Å²) in [5, 5.41) is 15.7. The molecular formula is C12H15N5O3S. The van der Waals surface area contributed by atoms with E-state index < -0.39 is 15.9 Å². The van der Waals surface area contributed by atoms with Crippen molar-refractivity contribution in [2.75, 3.05) is 5.32 Å². The molecule has 0 unspecified atom stereocenters. The predicted octanol–water partition coefficient (Wildman–Crippen LogP) is 0.759. The highest BCUT2D eigenvalue weighted by atomic mass is 32.2. The van der Waals surface area contributed by atoms with Gasteiger partial charge in [0, 0.05) is 5.56 Å². The summed E-state index contributed by atoms with van der Waals surface area (Å²) in [6, 6.07) is 5.39. The zero-order chi connectivity index (χ0) is 15.6. The molecule has 0 aliphatic rings. The second-order valence-electron chi connectivity index (χ2n) is 4.67. The van der Waals surface area contributed by atoms with E-state index in [1.807, 2.05) is 13.8 Å². The van der Waals surface area contributed by atoms with E-state index in [0.29, 0.717) is 11.4 Å². The lowest BCUT2D eigenvalue weighted by molar-refractivity contribution is 0.102. The molecular weight excluding hydrogens is 294 g/mol. The second kappa shape index (κ2) is 5.62. The summed E-state index contributed by atoms with van der Waals surface area (Å²) >= 11 is 0. The van der Waals surface area contributed by atoms with Gasteiger partial charge in [0.1, 0.15) is 0 Å². The molecule has 1 amide bonds. The van der Waals surface area contributed by atoms with Crippen LogP contribution in [0.4, 0.5) is 5.82 Å². The normalized spacial score (nSPS) is 11.6. The van der Waals surface area contributed by atoms with Crippen LogP contribution >= 0.6 is 0 Å². The Morgan fingerprint density at radius 2 is 1.90 bits per heavy atom. The minimum atomic E-state index is -3.77. The van der Waals surface area contributed by atoms with Gasteiger partial charge >= 0.3 is 0 Å². The van der Waals surface area contributed by atoms with Gasteiger partial charge in [-0.15, -0.1) is 5.10 Å². The summed E-state index contributed by atoms with van der Waals surface area (Å²) in [5.74, 6) is -0.0870. The van der Waals surface area contributed by atoms with Crippen LogP contribution in [0.1, 0.15) is 30.2 Å². The molecule has 1 aromatic carbocycles. The largest absolute Gasteiger partial charge is 0.304 e. The zero-order valence-electron chi connectivity index (χ0n) is 11.5. The monoisotopic (exact) mass is 309 g/mol. The Morgan fingerprint density at radius 3 is 2.38 bits per heavy atom. The molecule has 0 atom stereocenters. The van der Waals surface area contributed by atoms with Crippen molar-refractivity contribution in [1.82, 2.24) is 15.0 Å². The number of nitrogens with one attached hydrogen (secondary N) is 1. The average molecular weight is 309 g/mol. The molecule has 8 nitrogen and oxygen atoms in total. The van der Waals surface area contributed by atoms with Crippen LogP contribution in [0.2, 0.25) is 0 Å². The molecule has 0 aliphatic carbocycles. The van der Waals surface area contributed by atoms with Crippen molar-refractivity contribution in [3.8, 4) is 0 Å². The molecule has 0 aliphatic heterocycles. The number of benzene rings is 1. The lowest BCUT2D eigenvalue weighted by atomic mass is 10.2. The summed E-state index contributed by atoms with van der Waals surface area (Å²) in [5.41, 5.74) is 0.293. The first-order valence-electron chi connectivity index (χ1n) is 6.13. The highest BCUT2D eigenvalue weighted by Crippen LogP contribution is 2.11. The Bertz CT molecular complexity index is 749. The summed E-state index contributed by atoms with van der Waals surface area (Å²) in [6.45, 7) is 3.83. The number of sulfonamides is 1. The van der Waals surface area contributed by atoms with E-state index in [-0.39, 0.29) is 10.9 Å². The van der Waals surface area contributed by atoms with Gasteiger partial charge in [0.05, 0.1) is 17.1 Å². The molecule has 0 saturated carbocycles. The maximum Gasteiger partial charge on any atom is 0.256 e. The summed E-state index contributed by atoms with van der Waals surface area (Å²) < 4.78 is 22.3. The summed E-state index contributed by atoms with van der Waals surface area (Å²) in [6.07, 6.45) is 1.44. The van der Waals surface area contributed by atoms with Crippen LogP contribution in [-0.4, -0.2) is 29.3 Å². The standard InChI is InChI=1S/C12H15N5O3S/c1-8(2)17-14-7-11(16-17)15-12(18)9-3-5-10(6-4-9)21(13,19)20/h3-8H,1-2H3,(H2,13,19,20)(H,15,16,18). The predicted molar refractivity (Wildman–Crippen MR) is 76.2 cm³/mol. The smallest absolute Gasteiger partial charge is 0.256 e. The molecule has 9 heteroatoms. The van der Waals surface area contributed by atoms with E-state index in [9.17, 15) is 13.2 Å². The Labute approximate surface area is 122 Å². The Balaban J connectivity index is 2.13. The van der Waals surface area contributed by atoms with Crippen molar-refractivity contribution in [3.05, 3.63) is 36.0 Å². The molecule has 2 aromatic rings. The fourth-order valence-electron chi connectivity index (χ4n) is 1.57. The first-order valence-corrected chi connectivity index (χ1v) is 7.68. The number of hydrogen-bond donors (Lipinski definition) is 2. The van der Waals surface area contributed by atoms with Crippen molar-refractivity contribution in [1.29, 1.82) is 0 Å². The number of carbonyl (C=O) groups excluding carboxylic acids is 1. The number of amides is 1. The van der Waals surface area contributed by atoms with E-state index in [1.54, 1.807) is 0 Å². The molecule has 0 fully saturated rings. The SMILES string of the molecule is CC(C)n1ncc(NC(=O)c2ccc(S(N)(=O)=O)cc2)n1. The van der Waals surface area contributed by atoms with Gasteiger partial charge in [0.15, 0.2) is 5.82 Å². The second-order valence-corrected chi connectivity index (χ2v) is 6.23. The molecule has 0 radical (unpaired) electrons. The third-order valence-electron chi connectivity index (χ3n) is 2.66. The van der Waals surface area contributed by atoms with Gasteiger partial charge in [-0.1, -0.05) is 0 Å². The molecule has 21 heavy (non-hydrogen) atoms. The maximum absolute atomic E-state index is 12.0. The van der Waals surface area contributed by atoms with Crippen LogP contribution in [0, 0.1) is 0 Å². The van der Waals surface area contributed by atoms with Gasteiger partial charge in [-0.3, -0.25) is 4.79 Å². The van der Waals surface area contributed by atoms with Gasteiger partial charge in [0.2, 0.25) is 10.0 Å². The van der Waals surface area contributed by atoms with Crippen molar-refractivity contribution in [3.63, 3.8) is 0 Å². The maximum atomic E-state index is 12.0. The number of nitrogens with two attached hydrogens (primary N) is 1. The Kier molecular flexibility index (Phi) is 4.05. The van der Waals surface area contributed by atoms with Crippen LogP contribution in [0.15, 0.2) is 35.4 Å². The van der Waals surface area contributed by atoms with Crippen LogP contribution in [0.3, 0.4) is 0 Å². The number of anilines is 1. The van der Waals surface area contributed by atoms with Crippen LogP contribution < -0.4 is 10.5 Å². The molecule has 0 spiro atoms. The fourth-order valence-corrected chi connectivity index (χ4v) is 2.08. The van der Waals surface area contributed by atoms with Gasteiger partial charge in [0.25, 0.3) is 5.91 Å². The highest BCUT2D eigenvalue weighted by Gasteiger charge is 2.12. The molecule has 0 saturated heterocycles.